The van der Waals surface area contributed by atoms with Crippen molar-refractivity contribution in [1.82, 2.24) is 4.98 Å². The van der Waals surface area contributed by atoms with E-state index in [9.17, 15) is 9.59 Å². The van der Waals surface area contributed by atoms with E-state index in [1.165, 1.54) is 24.5 Å². The Morgan fingerprint density at radius 3 is 2.48 bits per heavy atom. The fourth-order valence-electron chi connectivity index (χ4n) is 2.81. The maximum atomic E-state index is 12.3. The van der Waals surface area contributed by atoms with Crippen LogP contribution in [0.25, 0.3) is 16.3 Å². The van der Waals surface area contributed by atoms with Gasteiger partial charge in [-0.25, -0.2) is 9.78 Å². The molecule has 0 bridgehead atoms. The number of anilines is 1. The van der Waals surface area contributed by atoms with Crippen LogP contribution in [0.4, 0.5) is 5.13 Å². The summed E-state index contributed by atoms with van der Waals surface area (Å²) >= 11 is 1.37. The van der Waals surface area contributed by atoms with Gasteiger partial charge in [-0.2, -0.15) is 0 Å². The number of fused-ring (bicyclic) bond motifs is 1. The molecule has 0 saturated carbocycles. The predicted octanol–water partition coefficient (Wildman–Crippen LogP) is 5.53. The molecule has 7 heteroatoms. The van der Waals surface area contributed by atoms with Gasteiger partial charge in [0, 0.05) is 12.1 Å². The summed E-state index contributed by atoms with van der Waals surface area (Å²) in [6.45, 7) is 0. The molecule has 154 valence electrons. The Labute approximate surface area is 182 Å². The van der Waals surface area contributed by atoms with Gasteiger partial charge in [0.25, 0.3) is 0 Å². The average Bonchev–Trinajstić information content (AvgIpc) is 3.19. The van der Waals surface area contributed by atoms with Crippen LogP contribution in [0.3, 0.4) is 0 Å². The number of amides is 1. The van der Waals surface area contributed by atoms with Crippen molar-refractivity contribution in [2.75, 3.05) is 12.4 Å². The highest BCUT2D eigenvalue weighted by Gasteiger charge is 2.08. The zero-order valence-corrected chi connectivity index (χ0v) is 17.4. The Kier molecular flexibility index (Phi) is 6.05. The van der Waals surface area contributed by atoms with Gasteiger partial charge in [0.05, 0.1) is 22.9 Å². The van der Waals surface area contributed by atoms with Crippen molar-refractivity contribution in [2.45, 2.75) is 0 Å². The van der Waals surface area contributed by atoms with Crippen LogP contribution in [0, 0.1) is 0 Å². The Bertz CT molecular complexity index is 1250. The molecule has 1 N–H and O–H groups in total. The summed E-state index contributed by atoms with van der Waals surface area (Å²) in [6.07, 6.45) is 3.08. The second kappa shape index (κ2) is 9.23. The molecule has 0 radical (unpaired) electrons. The number of thiazole rings is 1. The number of benzene rings is 3. The molecule has 31 heavy (non-hydrogen) atoms. The number of para-hydroxylation sites is 1. The van der Waals surface area contributed by atoms with Crippen molar-refractivity contribution in [3.05, 3.63) is 90.0 Å². The monoisotopic (exact) mass is 430 g/mol. The topological polar surface area (TPSA) is 77.5 Å². The van der Waals surface area contributed by atoms with Gasteiger partial charge < -0.3 is 9.47 Å². The fraction of sp³-hybridized carbons (Fsp3) is 0.0417. The molecular formula is C24H18N2O4S. The van der Waals surface area contributed by atoms with Gasteiger partial charge in [-0.3, -0.25) is 10.1 Å². The van der Waals surface area contributed by atoms with Crippen molar-refractivity contribution in [3.63, 3.8) is 0 Å². The third kappa shape index (κ3) is 5.15. The molecule has 0 fully saturated rings. The van der Waals surface area contributed by atoms with E-state index in [2.05, 4.69) is 15.0 Å². The first-order valence-corrected chi connectivity index (χ1v) is 10.2. The molecule has 1 aromatic heterocycles. The Morgan fingerprint density at radius 2 is 1.74 bits per heavy atom. The number of rotatable bonds is 6. The highest BCUT2D eigenvalue weighted by Crippen LogP contribution is 2.31. The highest BCUT2D eigenvalue weighted by molar-refractivity contribution is 7.22. The molecule has 0 aliphatic carbocycles. The number of methoxy groups -OCH3 is 1. The second-order valence-corrected chi connectivity index (χ2v) is 7.53. The van der Waals surface area contributed by atoms with Crippen LogP contribution in [0.15, 0.2) is 78.9 Å². The number of aromatic nitrogens is 1. The summed E-state index contributed by atoms with van der Waals surface area (Å²) < 4.78 is 11.4. The highest BCUT2D eigenvalue weighted by atomic mass is 32.1. The van der Waals surface area contributed by atoms with Crippen molar-refractivity contribution in [1.29, 1.82) is 0 Å². The first kappa shape index (κ1) is 20.3. The third-order valence-corrected chi connectivity index (χ3v) is 5.26. The van der Waals surface area contributed by atoms with Gasteiger partial charge in [0.2, 0.25) is 5.91 Å². The minimum absolute atomic E-state index is 0.295. The van der Waals surface area contributed by atoms with Crippen molar-refractivity contribution in [2.24, 2.45) is 0 Å². The summed E-state index contributed by atoms with van der Waals surface area (Å²) in [4.78, 5) is 28.2. The van der Waals surface area contributed by atoms with E-state index in [0.717, 1.165) is 21.5 Å². The van der Waals surface area contributed by atoms with Gasteiger partial charge in [-0.05, 0) is 48.0 Å². The average molecular weight is 430 g/mol. The van der Waals surface area contributed by atoms with Crippen LogP contribution in [0.5, 0.6) is 11.5 Å². The fourth-order valence-corrected chi connectivity index (χ4v) is 3.71. The maximum Gasteiger partial charge on any atom is 0.337 e. The summed E-state index contributed by atoms with van der Waals surface area (Å²) in [5.41, 5.74) is 2.02. The van der Waals surface area contributed by atoms with Crippen molar-refractivity contribution in [3.8, 4) is 11.5 Å². The Morgan fingerprint density at radius 1 is 0.968 bits per heavy atom. The lowest BCUT2D eigenvalue weighted by Gasteiger charge is -2.04. The standard InChI is InChI=1S/C24H18N2O4S/c1-29-23(28)17-10-7-16(8-11-17)9-14-22(27)26-24-25-20-13-12-19(15-21(20)31-24)30-18-5-3-2-4-6-18/h2-15H,1H3,(H,25,26,27). The molecule has 0 spiro atoms. The molecule has 0 atom stereocenters. The molecule has 1 amide bonds. The first-order chi connectivity index (χ1) is 15.1. The molecule has 4 rings (SSSR count). The van der Waals surface area contributed by atoms with Crippen LogP contribution in [-0.2, 0) is 9.53 Å². The predicted molar refractivity (Wildman–Crippen MR) is 122 cm³/mol. The minimum Gasteiger partial charge on any atom is -0.465 e. The Hall–Kier alpha value is -3.97. The van der Waals surface area contributed by atoms with Crippen LogP contribution < -0.4 is 10.1 Å². The van der Waals surface area contributed by atoms with E-state index in [0.29, 0.717) is 16.4 Å². The lowest BCUT2D eigenvalue weighted by Crippen LogP contribution is -2.07. The zero-order valence-electron chi connectivity index (χ0n) is 16.6. The number of hydrogen-bond acceptors (Lipinski definition) is 6. The van der Waals surface area contributed by atoms with Crippen molar-refractivity contribution >= 4 is 44.6 Å². The SMILES string of the molecule is COC(=O)c1ccc(C=CC(=O)Nc2nc3ccc(Oc4ccccc4)cc3s2)cc1. The van der Waals surface area contributed by atoms with Gasteiger partial charge in [-0.1, -0.05) is 41.7 Å². The molecule has 3 aromatic carbocycles. The van der Waals surface area contributed by atoms with Crippen LogP contribution in [0.2, 0.25) is 0 Å². The van der Waals surface area contributed by atoms with Crippen LogP contribution >= 0.6 is 11.3 Å². The lowest BCUT2D eigenvalue weighted by atomic mass is 10.1. The summed E-state index contributed by atoms with van der Waals surface area (Å²) in [5, 5.41) is 3.28. The largest absolute Gasteiger partial charge is 0.465 e. The molecule has 0 unspecified atom stereocenters. The lowest BCUT2D eigenvalue weighted by molar-refractivity contribution is -0.111. The van der Waals surface area contributed by atoms with E-state index in [4.69, 9.17) is 4.74 Å². The maximum absolute atomic E-state index is 12.3. The van der Waals surface area contributed by atoms with E-state index < -0.39 is 5.97 Å². The molecule has 0 saturated heterocycles. The van der Waals surface area contributed by atoms with Crippen molar-refractivity contribution < 1.29 is 19.1 Å². The van der Waals surface area contributed by atoms with Crippen LogP contribution in [-0.4, -0.2) is 24.0 Å². The van der Waals surface area contributed by atoms with Crippen LogP contribution in [0.1, 0.15) is 15.9 Å². The normalized spacial score (nSPS) is 10.9. The Balaban J connectivity index is 1.41. The quantitative estimate of drug-likeness (QED) is 0.322. The van der Waals surface area contributed by atoms with Gasteiger partial charge in [-0.15, -0.1) is 0 Å². The van der Waals surface area contributed by atoms with E-state index in [-0.39, 0.29) is 5.91 Å². The number of nitrogens with one attached hydrogen (secondary N) is 1. The molecule has 0 aliphatic heterocycles. The molecule has 1 heterocycles. The summed E-state index contributed by atoms with van der Waals surface area (Å²) in [5.74, 6) is 0.762. The number of carbonyl (C=O) groups excluding carboxylic acids is 2. The van der Waals surface area contributed by atoms with E-state index in [1.54, 1.807) is 30.3 Å². The number of nitrogens with zero attached hydrogens (tertiary/aromatic N) is 1. The molecule has 6 nitrogen and oxygen atoms in total. The van der Waals surface area contributed by atoms with E-state index in [1.807, 2.05) is 48.5 Å². The van der Waals surface area contributed by atoms with Gasteiger partial charge in [0.1, 0.15) is 11.5 Å². The number of ether oxygens (including phenoxy) is 2. The summed E-state index contributed by atoms with van der Waals surface area (Å²) in [6, 6.07) is 21.9. The second-order valence-electron chi connectivity index (χ2n) is 6.50. The first-order valence-electron chi connectivity index (χ1n) is 9.42. The minimum atomic E-state index is -0.401. The molecule has 0 aliphatic rings. The molecule has 4 aromatic rings. The van der Waals surface area contributed by atoms with Gasteiger partial charge >= 0.3 is 5.97 Å². The molecular weight excluding hydrogens is 412 g/mol. The van der Waals surface area contributed by atoms with Gasteiger partial charge in [0.15, 0.2) is 5.13 Å². The smallest absolute Gasteiger partial charge is 0.337 e. The third-order valence-electron chi connectivity index (χ3n) is 4.33. The zero-order chi connectivity index (χ0) is 21.6. The summed E-state index contributed by atoms with van der Waals surface area (Å²) in [7, 11) is 1.33. The number of esters is 1. The number of carbonyl (C=O) groups is 2. The number of hydrogen-bond donors (Lipinski definition) is 1. The van der Waals surface area contributed by atoms with E-state index >= 15 is 0 Å².